The van der Waals surface area contributed by atoms with E-state index in [4.69, 9.17) is 10.5 Å². The zero-order valence-electron chi connectivity index (χ0n) is 9.58. The van der Waals surface area contributed by atoms with E-state index in [1.807, 2.05) is 6.92 Å². The van der Waals surface area contributed by atoms with Crippen LogP contribution in [0.15, 0.2) is 18.2 Å². The number of nitrogens with two attached hydrogens (primary N) is 1. The molecule has 0 bridgehead atoms. The summed E-state index contributed by atoms with van der Waals surface area (Å²) in [4.78, 5) is 0. The van der Waals surface area contributed by atoms with Gasteiger partial charge in [0.15, 0.2) is 0 Å². The third kappa shape index (κ3) is 2.53. The molecular weight excluding hydrogens is 205 g/mol. The van der Waals surface area contributed by atoms with Crippen molar-refractivity contribution in [2.24, 2.45) is 11.7 Å². The summed E-state index contributed by atoms with van der Waals surface area (Å²) in [6, 6.07) is 4.43. The molecule has 1 aromatic carbocycles. The first-order valence-electron chi connectivity index (χ1n) is 5.84. The summed E-state index contributed by atoms with van der Waals surface area (Å²) in [5, 5.41) is 0. The highest BCUT2D eigenvalue weighted by atomic mass is 19.1. The number of rotatable bonds is 4. The molecule has 16 heavy (non-hydrogen) atoms. The van der Waals surface area contributed by atoms with Crippen LogP contribution in [0.4, 0.5) is 4.39 Å². The van der Waals surface area contributed by atoms with Crippen molar-refractivity contribution in [2.75, 3.05) is 6.61 Å². The fraction of sp³-hybridized carbons (Fsp3) is 0.538. The Bertz CT molecular complexity index is 361. The standard InChI is InChI=1S/C13H18FNO/c1-9(15)12-6-5-11(14)7-13(12)16-8-10-3-2-4-10/h5-7,9-10H,2-4,8,15H2,1H3/t9-/m1/s1. The molecule has 2 rings (SSSR count). The predicted molar refractivity (Wildman–Crippen MR) is 61.8 cm³/mol. The first-order chi connectivity index (χ1) is 7.66. The second-order valence-corrected chi connectivity index (χ2v) is 4.58. The van der Waals surface area contributed by atoms with Crippen molar-refractivity contribution in [3.8, 4) is 5.75 Å². The number of ether oxygens (including phenoxy) is 1. The smallest absolute Gasteiger partial charge is 0.126 e. The molecule has 3 heteroatoms. The Morgan fingerprint density at radius 3 is 2.81 bits per heavy atom. The maximum absolute atomic E-state index is 13.1. The second-order valence-electron chi connectivity index (χ2n) is 4.58. The molecule has 1 fully saturated rings. The van der Waals surface area contributed by atoms with Gasteiger partial charge in [-0.05, 0) is 31.7 Å². The van der Waals surface area contributed by atoms with Crippen LogP contribution >= 0.6 is 0 Å². The first kappa shape index (κ1) is 11.4. The number of hydrogen-bond acceptors (Lipinski definition) is 2. The second kappa shape index (κ2) is 4.83. The van der Waals surface area contributed by atoms with Gasteiger partial charge in [0, 0.05) is 17.7 Å². The van der Waals surface area contributed by atoms with E-state index in [-0.39, 0.29) is 11.9 Å². The molecule has 1 aromatic rings. The minimum atomic E-state index is -0.270. The van der Waals surface area contributed by atoms with Crippen LogP contribution in [0.1, 0.15) is 37.8 Å². The molecule has 0 aliphatic heterocycles. The molecule has 2 nitrogen and oxygen atoms in total. The molecular formula is C13H18FNO. The lowest BCUT2D eigenvalue weighted by Gasteiger charge is -2.26. The van der Waals surface area contributed by atoms with Crippen LogP contribution in [-0.4, -0.2) is 6.61 Å². The Labute approximate surface area is 95.6 Å². The SMILES string of the molecule is C[C@@H](N)c1ccc(F)cc1OCC1CCC1. The Morgan fingerprint density at radius 2 is 2.25 bits per heavy atom. The molecule has 0 heterocycles. The molecule has 0 amide bonds. The fourth-order valence-corrected chi connectivity index (χ4v) is 1.88. The van der Waals surface area contributed by atoms with Gasteiger partial charge < -0.3 is 10.5 Å². The lowest BCUT2D eigenvalue weighted by molar-refractivity contribution is 0.178. The quantitative estimate of drug-likeness (QED) is 0.851. The Balaban J connectivity index is 2.06. The molecule has 0 spiro atoms. The van der Waals surface area contributed by atoms with E-state index < -0.39 is 0 Å². The van der Waals surface area contributed by atoms with Gasteiger partial charge in [-0.2, -0.15) is 0 Å². The zero-order valence-corrected chi connectivity index (χ0v) is 9.58. The van der Waals surface area contributed by atoms with Gasteiger partial charge in [0.25, 0.3) is 0 Å². The topological polar surface area (TPSA) is 35.2 Å². The molecule has 0 unspecified atom stereocenters. The molecule has 1 atom stereocenters. The molecule has 1 saturated carbocycles. The maximum atomic E-state index is 13.1. The summed E-state index contributed by atoms with van der Waals surface area (Å²) in [6.45, 7) is 2.56. The normalized spacial score (nSPS) is 17.9. The maximum Gasteiger partial charge on any atom is 0.126 e. The zero-order chi connectivity index (χ0) is 11.5. The van der Waals surface area contributed by atoms with Crippen molar-refractivity contribution >= 4 is 0 Å². The number of hydrogen-bond donors (Lipinski definition) is 1. The number of benzene rings is 1. The predicted octanol–water partition coefficient (Wildman–Crippen LogP) is 3.02. The minimum Gasteiger partial charge on any atom is -0.493 e. The van der Waals surface area contributed by atoms with Crippen molar-refractivity contribution < 1.29 is 9.13 Å². The van der Waals surface area contributed by atoms with E-state index >= 15 is 0 Å². The summed E-state index contributed by atoms with van der Waals surface area (Å²) < 4.78 is 18.8. The van der Waals surface area contributed by atoms with Gasteiger partial charge in [0.2, 0.25) is 0 Å². The lowest BCUT2D eigenvalue weighted by Crippen LogP contribution is -2.20. The van der Waals surface area contributed by atoms with Gasteiger partial charge in [-0.3, -0.25) is 0 Å². The van der Waals surface area contributed by atoms with Crippen LogP contribution in [0.25, 0.3) is 0 Å². The van der Waals surface area contributed by atoms with Crippen LogP contribution < -0.4 is 10.5 Å². The highest BCUT2D eigenvalue weighted by Gasteiger charge is 2.19. The fourth-order valence-electron chi connectivity index (χ4n) is 1.88. The van der Waals surface area contributed by atoms with E-state index in [9.17, 15) is 4.39 Å². The summed E-state index contributed by atoms with van der Waals surface area (Å²) in [5.74, 6) is 0.971. The summed E-state index contributed by atoms with van der Waals surface area (Å²) >= 11 is 0. The van der Waals surface area contributed by atoms with Crippen LogP contribution in [-0.2, 0) is 0 Å². The van der Waals surface area contributed by atoms with E-state index in [0.29, 0.717) is 18.3 Å². The van der Waals surface area contributed by atoms with E-state index in [1.165, 1.54) is 31.4 Å². The molecule has 88 valence electrons. The van der Waals surface area contributed by atoms with Gasteiger partial charge in [-0.25, -0.2) is 4.39 Å². The van der Waals surface area contributed by atoms with Gasteiger partial charge in [0.1, 0.15) is 11.6 Å². The largest absolute Gasteiger partial charge is 0.493 e. The Kier molecular flexibility index (Phi) is 3.44. The molecule has 0 aromatic heterocycles. The van der Waals surface area contributed by atoms with Gasteiger partial charge in [-0.15, -0.1) is 0 Å². The highest BCUT2D eigenvalue weighted by Crippen LogP contribution is 2.29. The van der Waals surface area contributed by atoms with E-state index in [0.717, 1.165) is 5.56 Å². The minimum absolute atomic E-state index is 0.128. The van der Waals surface area contributed by atoms with Crippen molar-refractivity contribution in [1.82, 2.24) is 0 Å². The lowest BCUT2D eigenvalue weighted by atomic mass is 9.86. The average molecular weight is 223 g/mol. The van der Waals surface area contributed by atoms with Crippen molar-refractivity contribution in [2.45, 2.75) is 32.2 Å². The van der Waals surface area contributed by atoms with E-state index in [1.54, 1.807) is 6.07 Å². The molecule has 0 radical (unpaired) electrons. The third-order valence-electron chi connectivity index (χ3n) is 3.17. The summed E-state index contributed by atoms with van der Waals surface area (Å²) in [6.07, 6.45) is 3.74. The molecule has 0 saturated heterocycles. The summed E-state index contributed by atoms with van der Waals surface area (Å²) in [5.41, 5.74) is 6.69. The third-order valence-corrected chi connectivity index (χ3v) is 3.17. The number of halogens is 1. The van der Waals surface area contributed by atoms with Crippen molar-refractivity contribution in [3.05, 3.63) is 29.6 Å². The van der Waals surface area contributed by atoms with Gasteiger partial charge in [-0.1, -0.05) is 12.5 Å². The Morgan fingerprint density at radius 1 is 1.50 bits per heavy atom. The first-order valence-corrected chi connectivity index (χ1v) is 5.84. The average Bonchev–Trinajstić information content (AvgIpc) is 2.14. The highest BCUT2D eigenvalue weighted by molar-refractivity contribution is 5.36. The van der Waals surface area contributed by atoms with E-state index in [2.05, 4.69) is 0 Å². The van der Waals surface area contributed by atoms with Crippen molar-refractivity contribution in [3.63, 3.8) is 0 Å². The molecule has 1 aliphatic carbocycles. The van der Waals surface area contributed by atoms with Crippen molar-refractivity contribution in [1.29, 1.82) is 0 Å². The van der Waals surface area contributed by atoms with Crippen LogP contribution in [0.3, 0.4) is 0 Å². The molecule has 1 aliphatic rings. The molecule has 2 N–H and O–H groups in total. The monoisotopic (exact) mass is 223 g/mol. The summed E-state index contributed by atoms with van der Waals surface area (Å²) in [7, 11) is 0. The Hall–Kier alpha value is -1.09. The van der Waals surface area contributed by atoms with Gasteiger partial charge in [0.05, 0.1) is 6.61 Å². The van der Waals surface area contributed by atoms with Crippen LogP contribution in [0.5, 0.6) is 5.75 Å². The van der Waals surface area contributed by atoms with Gasteiger partial charge >= 0.3 is 0 Å². The van der Waals surface area contributed by atoms with Crippen LogP contribution in [0, 0.1) is 11.7 Å². The van der Waals surface area contributed by atoms with Crippen LogP contribution in [0.2, 0.25) is 0 Å².